The van der Waals surface area contributed by atoms with Gasteiger partial charge >= 0.3 is 0 Å². The monoisotopic (exact) mass is 532 g/mol. The Bertz CT molecular complexity index is 1720. The van der Waals surface area contributed by atoms with Crippen molar-refractivity contribution in [3.05, 3.63) is 130 Å². The topological polar surface area (TPSA) is 116 Å². The van der Waals surface area contributed by atoms with Crippen LogP contribution in [0, 0.1) is 10.1 Å². The molecule has 0 atom stereocenters. The van der Waals surface area contributed by atoms with E-state index in [1.54, 1.807) is 36.4 Å². The van der Waals surface area contributed by atoms with E-state index in [2.05, 4.69) is 10.5 Å². The third kappa shape index (κ3) is 5.94. The minimum atomic E-state index is -0.448. The van der Waals surface area contributed by atoms with Crippen molar-refractivity contribution >= 4 is 28.7 Å². The molecule has 0 unspecified atom stereocenters. The number of methoxy groups -OCH3 is 1. The van der Waals surface area contributed by atoms with E-state index in [1.807, 2.05) is 54.6 Å². The second-order valence-electron chi connectivity index (χ2n) is 8.76. The molecule has 1 N–H and O–H groups in total. The Kier molecular flexibility index (Phi) is 7.73. The highest BCUT2D eigenvalue weighted by Gasteiger charge is 2.14. The number of aromatic nitrogens is 1. The predicted octanol–water partition coefficient (Wildman–Crippen LogP) is 6.16. The summed E-state index contributed by atoms with van der Waals surface area (Å²) in [4.78, 5) is 28.4. The SMILES string of the molecule is COc1cc(/C=N/NC(=O)c2cc(-c3ccccc3)nc3ccccc23)ccc1OCc1cccc([N+](=O)[O-])c1. The number of non-ortho nitro benzene ring substituents is 1. The Hall–Kier alpha value is -5.57. The molecule has 5 rings (SSSR count). The standard InChI is InChI=1S/C31H24N4O5/c1-39-30-17-21(14-15-29(30)40-20-22-8-7-11-24(16-22)35(37)38)19-32-34-31(36)26-18-28(23-9-3-2-4-10-23)33-27-13-6-5-12-25(26)27/h2-19H,20H2,1H3,(H,34,36)/b32-19+. The molecule has 1 heterocycles. The fourth-order valence-corrected chi connectivity index (χ4v) is 4.15. The van der Waals surface area contributed by atoms with E-state index in [1.165, 1.54) is 25.5 Å². The number of hydrazone groups is 1. The number of nitrogens with zero attached hydrogens (tertiary/aromatic N) is 3. The number of benzene rings is 4. The molecule has 0 aliphatic carbocycles. The average molecular weight is 533 g/mol. The Labute approximate surface area is 229 Å². The van der Waals surface area contributed by atoms with Crippen LogP contribution in [0.4, 0.5) is 5.69 Å². The summed E-state index contributed by atoms with van der Waals surface area (Å²) >= 11 is 0. The molecule has 0 fully saturated rings. The molecule has 1 amide bonds. The molecule has 0 aliphatic heterocycles. The fraction of sp³-hybridized carbons (Fsp3) is 0.0645. The number of amides is 1. The molecule has 0 spiro atoms. The maximum absolute atomic E-state index is 13.2. The van der Waals surface area contributed by atoms with Crippen molar-refractivity contribution in [2.45, 2.75) is 6.61 Å². The molecule has 0 bridgehead atoms. The van der Waals surface area contributed by atoms with E-state index < -0.39 is 4.92 Å². The van der Waals surface area contributed by atoms with Crippen LogP contribution >= 0.6 is 0 Å². The zero-order valence-corrected chi connectivity index (χ0v) is 21.5. The van der Waals surface area contributed by atoms with Gasteiger partial charge in [0, 0.05) is 23.1 Å². The zero-order chi connectivity index (χ0) is 27.9. The maximum Gasteiger partial charge on any atom is 0.272 e. The lowest BCUT2D eigenvalue weighted by Gasteiger charge is -2.11. The van der Waals surface area contributed by atoms with Crippen molar-refractivity contribution in [1.82, 2.24) is 10.4 Å². The van der Waals surface area contributed by atoms with E-state index >= 15 is 0 Å². The van der Waals surface area contributed by atoms with Crippen LogP contribution in [0.2, 0.25) is 0 Å². The van der Waals surface area contributed by atoms with Crippen LogP contribution in [-0.2, 0) is 6.61 Å². The number of nitro groups is 1. The third-order valence-electron chi connectivity index (χ3n) is 6.11. The molecule has 0 aliphatic rings. The van der Waals surface area contributed by atoms with Crippen molar-refractivity contribution < 1.29 is 19.2 Å². The summed E-state index contributed by atoms with van der Waals surface area (Å²) in [5, 5.41) is 15.9. The Morgan fingerprint density at radius 3 is 2.55 bits per heavy atom. The van der Waals surface area contributed by atoms with Crippen LogP contribution in [0.1, 0.15) is 21.5 Å². The average Bonchev–Trinajstić information content (AvgIpc) is 3.00. The third-order valence-corrected chi connectivity index (χ3v) is 6.11. The molecule has 4 aromatic carbocycles. The number of pyridine rings is 1. The summed E-state index contributed by atoms with van der Waals surface area (Å²) in [6, 6.07) is 30.3. The second-order valence-corrected chi connectivity index (χ2v) is 8.76. The molecule has 40 heavy (non-hydrogen) atoms. The number of rotatable bonds is 9. The number of fused-ring (bicyclic) bond motifs is 1. The van der Waals surface area contributed by atoms with Gasteiger partial charge in [-0.05, 0) is 41.5 Å². The van der Waals surface area contributed by atoms with Gasteiger partial charge in [-0.2, -0.15) is 5.10 Å². The van der Waals surface area contributed by atoms with E-state index in [0.717, 1.165) is 10.9 Å². The molecular weight excluding hydrogens is 508 g/mol. The normalized spacial score (nSPS) is 10.9. The van der Waals surface area contributed by atoms with Crippen molar-refractivity contribution in [2.75, 3.05) is 7.11 Å². The van der Waals surface area contributed by atoms with Crippen LogP contribution in [-0.4, -0.2) is 29.1 Å². The lowest BCUT2D eigenvalue weighted by molar-refractivity contribution is -0.384. The van der Waals surface area contributed by atoms with Crippen LogP contribution in [0.3, 0.4) is 0 Å². The lowest BCUT2D eigenvalue weighted by atomic mass is 10.0. The number of nitro benzene ring substituents is 1. The molecule has 198 valence electrons. The van der Waals surface area contributed by atoms with Crippen molar-refractivity contribution in [1.29, 1.82) is 0 Å². The number of para-hydroxylation sites is 1. The van der Waals surface area contributed by atoms with E-state index in [9.17, 15) is 14.9 Å². The first-order chi connectivity index (χ1) is 19.5. The van der Waals surface area contributed by atoms with Gasteiger partial charge in [-0.25, -0.2) is 10.4 Å². The van der Waals surface area contributed by atoms with Gasteiger partial charge in [0.05, 0.1) is 35.0 Å². The van der Waals surface area contributed by atoms with Gasteiger partial charge in [0.1, 0.15) is 6.61 Å². The van der Waals surface area contributed by atoms with E-state index in [4.69, 9.17) is 14.5 Å². The summed E-state index contributed by atoms with van der Waals surface area (Å²) in [5.41, 5.74) is 6.71. The van der Waals surface area contributed by atoms with Gasteiger partial charge in [0.2, 0.25) is 0 Å². The molecule has 1 aromatic heterocycles. The summed E-state index contributed by atoms with van der Waals surface area (Å²) in [5.74, 6) is 0.552. The maximum atomic E-state index is 13.2. The first kappa shape index (κ1) is 26.1. The van der Waals surface area contributed by atoms with Gasteiger partial charge in [-0.3, -0.25) is 14.9 Å². The fourth-order valence-electron chi connectivity index (χ4n) is 4.15. The highest BCUT2D eigenvalue weighted by molar-refractivity contribution is 6.07. The largest absolute Gasteiger partial charge is 0.493 e. The highest BCUT2D eigenvalue weighted by atomic mass is 16.6. The van der Waals surface area contributed by atoms with Gasteiger partial charge in [0.15, 0.2) is 11.5 Å². The van der Waals surface area contributed by atoms with Crippen molar-refractivity contribution in [3.8, 4) is 22.8 Å². The smallest absolute Gasteiger partial charge is 0.272 e. The first-order valence-corrected chi connectivity index (χ1v) is 12.3. The molecule has 0 saturated heterocycles. The Morgan fingerprint density at radius 2 is 1.75 bits per heavy atom. The number of carbonyl (C=O) groups is 1. The molecule has 9 nitrogen and oxygen atoms in total. The molecule has 0 radical (unpaired) electrons. The molecule has 9 heteroatoms. The minimum absolute atomic E-state index is 0.00211. The van der Waals surface area contributed by atoms with Gasteiger partial charge in [0.25, 0.3) is 11.6 Å². The lowest BCUT2D eigenvalue weighted by Crippen LogP contribution is -2.18. The van der Waals surface area contributed by atoms with Crippen LogP contribution < -0.4 is 14.9 Å². The van der Waals surface area contributed by atoms with Gasteiger partial charge in [-0.15, -0.1) is 0 Å². The van der Waals surface area contributed by atoms with Crippen LogP contribution in [0.5, 0.6) is 11.5 Å². The van der Waals surface area contributed by atoms with E-state index in [-0.39, 0.29) is 18.2 Å². The number of carbonyl (C=O) groups excluding carboxylic acids is 1. The van der Waals surface area contributed by atoms with E-state index in [0.29, 0.717) is 39.4 Å². The quantitative estimate of drug-likeness (QED) is 0.138. The summed E-state index contributed by atoms with van der Waals surface area (Å²) in [6.45, 7) is 0.131. The summed E-state index contributed by atoms with van der Waals surface area (Å²) in [6.07, 6.45) is 1.51. The molecular formula is C31H24N4O5. The van der Waals surface area contributed by atoms with Gasteiger partial charge in [-0.1, -0.05) is 60.7 Å². The Morgan fingerprint density at radius 1 is 0.950 bits per heavy atom. The van der Waals surface area contributed by atoms with Crippen molar-refractivity contribution in [3.63, 3.8) is 0 Å². The predicted molar refractivity (Wildman–Crippen MR) is 153 cm³/mol. The molecule has 0 saturated carbocycles. The highest BCUT2D eigenvalue weighted by Crippen LogP contribution is 2.29. The number of hydrogen-bond donors (Lipinski definition) is 1. The number of nitrogens with one attached hydrogen (secondary N) is 1. The molecule has 5 aromatic rings. The first-order valence-electron chi connectivity index (χ1n) is 12.3. The van der Waals surface area contributed by atoms with Gasteiger partial charge < -0.3 is 9.47 Å². The van der Waals surface area contributed by atoms with Crippen LogP contribution in [0.25, 0.3) is 22.2 Å². The second kappa shape index (κ2) is 11.9. The van der Waals surface area contributed by atoms with Crippen molar-refractivity contribution in [2.24, 2.45) is 5.10 Å². The summed E-state index contributed by atoms with van der Waals surface area (Å²) in [7, 11) is 1.51. The zero-order valence-electron chi connectivity index (χ0n) is 21.5. The Balaban J connectivity index is 1.30. The minimum Gasteiger partial charge on any atom is -0.493 e. The number of hydrogen-bond acceptors (Lipinski definition) is 7. The number of ether oxygens (including phenoxy) is 2. The van der Waals surface area contributed by atoms with Crippen LogP contribution in [0.15, 0.2) is 108 Å². The summed E-state index contributed by atoms with van der Waals surface area (Å²) < 4.78 is 11.3.